The molecule has 0 unspecified atom stereocenters. The first-order valence-corrected chi connectivity index (χ1v) is 12.5. The van der Waals surface area contributed by atoms with Gasteiger partial charge in [0.25, 0.3) is 0 Å². The molecule has 0 bridgehead atoms. The van der Waals surface area contributed by atoms with E-state index in [0.717, 1.165) is 24.4 Å². The van der Waals surface area contributed by atoms with Crippen LogP contribution in [0.3, 0.4) is 0 Å². The highest BCUT2D eigenvalue weighted by Gasteiger charge is 2.41. The van der Waals surface area contributed by atoms with Gasteiger partial charge in [0.15, 0.2) is 0 Å². The molecule has 1 fully saturated rings. The van der Waals surface area contributed by atoms with Crippen molar-refractivity contribution >= 4 is 10.0 Å². The van der Waals surface area contributed by atoms with E-state index in [1.54, 1.807) is 6.07 Å². The van der Waals surface area contributed by atoms with Gasteiger partial charge in [0.1, 0.15) is 17.8 Å². The SMILES string of the molecule is C=C(NCc1cc(-c2ccc(C(F)(F)F)nc2)ncn1)[C@@H]1CC[C@@H](C)N1S(=O)(=O)c1ccc(F)cc1. The van der Waals surface area contributed by atoms with Crippen molar-refractivity contribution < 1.29 is 26.0 Å². The molecular formula is C24H23F4N5O2S. The Labute approximate surface area is 206 Å². The molecule has 1 N–H and O–H groups in total. The van der Waals surface area contributed by atoms with Crippen molar-refractivity contribution in [1.29, 1.82) is 0 Å². The lowest BCUT2D eigenvalue weighted by molar-refractivity contribution is -0.141. The number of aromatic nitrogens is 3. The molecular weight excluding hydrogens is 498 g/mol. The predicted octanol–water partition coefficient (Wildman–Crippen LogP) is 4.54. The van der Waals surface area contributed by atoms with Crippen molar-refractivity contribution in [2.45, 2.75) is 49.5 Å². The summed E-state index contributed by atoms with van der Waals surface area (Å²) in [6.07, 6.45) is -0.964. The Bertz CT molecular complexity index is 1350. The second-order valence-electron chi connectivity index (χ2n) is 8.43. The topological polar surface area (TPSA) is 88.1 Å². The summed E-state index contributed by atoms with van der Waals surface area (Å²) in [7, 11) is -3.89. The zero-order valence-electron chi connectivity index (χ0n) is 19.2. The molecule has 2 aromatic heterocycles. The Kier molecular flexibility index (Phi) is 7.10. The third-order valence-electron chi connectivity index (χ3n) is 5.96. The van der Waals surface area contributed by atoms with Crippen LogP contribution in [0, 0.1) is 5.82 Å². The summed E-state index contributed by atoms with van der Waals surface area (Å²) in [5, 5.41) is 3.12. The van der Waals surface area contributed by atoms with Crippen LogP contribution < -0.4 is 5.32 Å². The number of benzene rings is 1. The van der Waals surface area contributed by atoms with Gasteiger partial charge in [0, 0.05) is 23.5 Å². The molecule has 190 valence electrons. The zero-order valence-corrected chi connectivity index (χ0v) is 20.0. The molecule has 3 heterocycles. The minimum absolute atomic E-state index is 0.000966. The van der Waals surface area contributed by atoms with Crippen molar-refractivity contribution in [2.24, 2.45) is 0 Å². The molecule has 1 aromatic carbocycles. The van der Waals surface area contributed by atoms with Gasteiger partial charge in [0.05, 0.1) is 28.9 Å². The molecule has 0 amide bonds. The number of hydrogen-bond donors (Lipinski definition) is 1. The average molecular weight is 522 g/mol. The van der Waals surface area contributed by atoms with Gasteiger partial charge in [-0.2, -0.15) is 17.5 Å². The summed E-state index contributed by atoms with van der Waals surface area (Å²) in [5.74, 6) is -0.526. The van der Waals surface area contributed by atoms with E-state index in [9.17, 15) is 26.0 Å². The summed E-state index contributed by atoms with van der Waals surface area (Å²) in [6.45, 7) is 6.03. The molecule has 2 atom stereocenters. The maximum absolute atomic E-state index is 13.3. The molecule has 0 spiro atoms. The van der Waals surface area contributed by atoms with Gasteiger partial charge in [-0.05, 0) is 62.2 Å². The average Bonchev–Trinajstić information content (AvgIpc) is 3.25. The molecule has 0 aliphatic carbocycles. The van der Waals surface area contributed by atoms with E-state index < -0.39 is 33.8 Å². The monoisotopic (exact) mass is 521 g/mol. The summed E-state index contributed by atoms with van der Waals surface area (Å²) in [5.41, 5.74) is 0.793. The third kappa shape index (κ3) is 5.39. The molecule has 1 saturated heterocycles. The van der Waals surface area contributed by atoms with Gasteiger partial charge in [-0.3, -0.25) is 4.98 Å². The van der Waals surface area contributed by atoms with Crippen molar-refractivity contribution in [3.05, 3.63) is 84.5 Å². The van der Waals surface area contributed by atoms with E-state index in [-0.39, 0.29) is 17.5 Å². The van der Waals surface area contributed by atoms with E-state index in [2.05, 4.69) is 26.8 Å². The van der Waals surface area contributed by atoms with Crippen LogP contribution in [0.1, 0.15) is 31.2 Å². The third-order valence-corrected chi connectivity index (χ3v) is 8.00. The van der Waals surface area contributed by atoms with Crippen molar-refractivity contribution in [1.82, 2.24) is 24.6 Å². The van der Waals surface area contributed by atoms with Gasteiger partial charge in [-0.25, -0.2) is 22.8 Å². The Morgan fingerprint density at radius 2 is 1.83 bits per heavy atom. The Balaban J connectivity index is 1.47. The van der Waals surface area contributed by atoms with Gasteiger partial charge < -0.3 is 5.32 Å². The van der Waals surface area contributed by atoms with Crippen molar-refractivity contribution in [3.8, 4) is 11.3 Å². The van der Waals surface area contributed by atoms with Crippen LogP contribution >= 0.6 is 0 Å². The van der Waals surface area contributed by atoms with Gasteiger partial charge in [-0.1, -0.05) is 6.58 Å². The molecule has 7 nitrogen and oxygen atoms in total. The predicted molar refractivity (Wildman–Crippen MR) is 124 cm³/mol. The number of nitrogens with zero attached hydrogens (tertiary/aromatic N) is 4. The van der Waals surface area contributed by atoms with Crippen molar-refractivity contribution in [2.75, 3.05) is 0 Å². The summed E-state index contributed by atoms with van der Waals surface area (Å²) >= 11 is 0. The number of pyridine rings is 1. The lowest BCUT2D eigenvalue weighted by Crippen LogP contribution is -2.43. The maximum atomic E-state index is 13.3. The number of alkyl halides is 3. The molecule has 1 aliphatic heterocycles. The normalized spacial score (nSPS) is 18.8. The van der Waals surface area contributed by atoms with Crippen LogP contribution in [0.2, 0.25) is 0 Å². The maximum Gasteiger partial charge on any atom is 0.433 e. The Morgan fingerprint density at radius 1 is 1.11 bits per heavy atom. The lowest BCUT2D eigenvalue weighted by atomic mass is 10.1. The zero-order chi connectivity index (χ0) is 26.1. The number of hydrogen-bond acceptors (Lipinski definition) is 6. The molecule has 12 heteroatoms. The smallest absolute Gasteiger partial charge is 0.382 e. The Morgan fingerprint density at radius 3 is 2.47 bits per heavy atom. The first kappa shape index (κ1) is 25.7. The van der Waals surface area contributed by atoms with Crippen LogP contribution in [-0.2, 0) is 22.7 Å². The number of sulfonamides is 1. The van der Waals surface area contributed by atoms with Gasteiger partial charge in [0.2, 0.25) is 10.0 Å². The van der Waals surface area contributed by atoms with Crippen molar-refractivity contribution in [3.63, 3.8) is 0 Å². The number of nitrogens with one attached hydrogen (secondary N) is 1. The quantitative estimate of drug-likeness (QED) is 0.460. The Hall–Kier alpha value is -3.38. The van der Waals surface area contributed by atoms with E-state index in [1.165, 1.54) is 28.8 Å². The first-order valence-electron chi connectivity index (χ1n) is 11.0. The largest absolute Gasteiger partial charge is 0.433 e. The second-order valence-corrected chi connectivity index (χ2v) is 10.3. The molecule has 4 rings (SSSR count). The molecule has 36 heavy (non-hydrogen) atoms. The molecule has 3 aromatic rings. The van der Waals surface area contributed by atoms with E-state index in [4.69, 9.17) is 0 Å². The summed E-state index contributed by atoms with van der Waals surface area (Å²) in [6, 6.07) is 7.67. The summed E-state index contributed by atoms with van der Waals surface area (Å²) < 4.78 is 79.5. The van der Waals surface area contributed by atoms with Crippen LogP contribution in [0.25, 0.3) is 11.3 Å². The van der Waals surface area contributed by atoms with Gasteiger partial charge in [-0.15, -0.1) is 0 Å². The van der Waals surface area contributed by atoms with E-state index in [0.29, 0.717) is 35.5 Å². The minimum Gasteiger partial charge on any atom is -0.382 e. The van der Waals surface area contributed by atoms with Crippen LogP contribution in [0.5, 0.6) is 0 Å². The van der Waals surface area contributed by atoms with E-state index >= 15 is 0 Å². The number of rotatable bonds is 7. The van der Waals surface area contributed by atoms with Crippen LogP contribution in [0.4, 0.5) is 17.6 Å². The second kappa shape index (κ2) is 9.94. The number of halogens is 4. The lowest BCUT2D eigenvalue weighted by Gasteiger charge is -2.29. The van der Waals surface area contributed by atoms with Crippen LogP contribution in [0.15, 0.2) is 72.2 Å². The molecule has 0 radical (unpaired) electrons. The van der Waals surface area contributed by atoms with Gasteiger partial charge >= 0.3 is 6.18 Å². The highest BCUT2D eigenvalue weighted by Crippen LogP contribution is 2.33. The fraction of sp³-hybridized carbons (Fsp3) is 0.292. The van der Waals surface area contributed by atoms with E-state index in [1.807, 2.05) is 6.92 Å². The minimum atomic E-state index is -4.53. The highest BCUT2D eigenvalue weighted by molar-refractivity contribution is 7.89. The summed E-state index contributed by atoms with van der Waals surface area (Å²) in [4.78, 5) is 11.7. The fourth-order valence-corrected chi connectivity index (χ4v) is 5.98. The highest BCUT2D eigenvalue weighted by atomic mass is 32.2. The fourth-order valence-electron chi connectivity index (χ4n) is 4.11. The molecule has 1 aliphatic rings. The van der Waals surface area contributed by atoms with Crippen LogP contribution in [-0.4, -0.2) is 39.8 Å². The standard InChI is InChI=1S/C24H23F4N5O2S/c1-15-3-9-22(33(15)36(34,35)20-7-5-18(25)6-8-20)16(2)29-13-19-11-21(32-14-31-19)17-4-10-23(30-12-17)24(26,27)28/h4-8,10-12,14-15,22,29H,2-3,9,13H2,1H3/t15-,22+/m1/s1. The molecule has 0 saturated carbocycles. The first-order chi connectivity index (χ1) is 17.0.